The monoisotopic (exact) mass is 521 g/mol. The number of amides is 1. The Bertz CT molecular complexity index is 1230. The first-order valence-electron chi connectivity index (χ1n) is 10.9. The van der Waals surface area contributed by atoms with E-state index in [0.717, 1.165) is 43.7 Å². The molecule has 4 rings (SSSR count). The number of pyridine rings is 1. The predicted molar refractivity (Wildman–Crippen MR) is 129 cm³/mol. The molecule has 13 heteroatoms. The number of morpholine rings is 1. The van der Waals surface area contributed by atoms with E-state index in [1.807, 2.05) is 12.1 Å². The van der Waals surface area contributed by atoms with E-state index < -0.39 is 23.9 Å². The molecule has 1 fully saturated rings. The summed E-state index contributed by atoms with van der Waals surface area (Å²) in [4.78, 5) is 27.1. The van der Waals surface area contributed by atoms with Gasteiger partial charge in [0.05, 0.1) is 24.5 Å². The van der Waals surface area contributed by atoms with Crippen LogP contribution in [0.15, 0.2) is 60.8 Å². The zero-order valence-corrected chi connectivity index (χ0v) is 19.3. The van der Waals surface area contributed by atoms with Crippen LogP contribution in [0.3, 0.4) is 0 Å². The fourth-order valence-electron chi connectivity index (χ4n) is 3.29. The number of anilines is 5. The maximum atomic E-state index is 13.4. The molecule has 0 saturated carbocycles. The van der Waals surface area contributed by atoms with Crippen molar-refractivity contribution in [3.05, 3.63) is 72.2 Å². The summed E-state index contributed by atoms with van der Waals surface area (Å²) < 4.78 is 50.6. The van der Waals surface area contributed by atoms with E-state index in [1.54, 1.807) is 18.3 Å². The lowest BCUT2D eigenvalue weighted by Gasteiger charge is -2.28. The molecule has 0 spiro atoms. The van der Waals surface area contributed by atoms with Crippen molar-refractivity contribution in [2.45, 2.75) is 6.18 Å². The quantitative estimate of drug-likeness (QED) is 0.354. The average Bonchev–Trinajstić information content (AvgIpc) is 2.86. The highest BCUT2D eigenvalue weighted by molar-refractivity contribution is 5.99. The SMILES string of the molecule is NC(=O)c1cc(F)ccc1Nc1ccnc(Nc2ccc(N3CCOCC3)cc2)c1.O=C(O)C(F)(F)F. The third-order valence-electron chi connectivity index (χ3n) is 5.04. The Hall–Kier alpha value is -4.39. The topological polar surface area (TPSA) is 130 Å². The summed E-state index contributed by atoms with van der Waals surface area (Å²) in [6.07, 6.45) is -3.44. The lowest BCUT2D eigenvalue weighted by Crippen LogP contribution is -2.36. The number of carboxylic acids is 1. The Kier molecular flexibility index (Phi) is 8.85. The van der Waals surface area contributed by atoms with Gasteiger partial charge in [0.2, 0.25) is 0 Å². The first-order valence-corrected chi connectivity index (χ1v) is 10.9. The maximum Gasteiger partial charge on any atom is 0.490 e. The number of nitrogens with two attached hydrogens (primary N) is 1. The maximum absolute atomic E-state index is 13.4. The van der Waals surface area contributed by atoms with Crippen LogP contribution in [0, 0.1) is 5.82 Å². The van der Waals surface area contributed by atoms with Crippen molar-refractivity contribution in [2.24, 2.45) is 5.73 Å². The molecular formula is C24H23F4N5O4. The third kappa shape index (κ3) is 8.07. The predicted octanol–water partition coefficient (Wildman–Crippen LogP) is 4.28. The summed E-state index contributed by atoms with van der Waals surface area (Å²) >= 11 is 0. The van der Waals surface area contributed by atoms with Gasteiger partial charge in [0.1, 0.15) is 11.6 Å². The van der Waals surface area contributed by atoms with E-state index in [-0.39, 0.29) is 5.56 Å². The molecule has 2 heterocycles. The first kappa shape index (κ1) is 27.2. The van der Waals surface area contributed by atoms with Crippen molar-refractivity contribution in [2.75, 3.05) is 41.8 Å². The van der Waals surface area contributed by atoms with Gasteiger partial charge in [-0.1, -0.05) is 0 Å². The van der Waals surface area contributed by atoms with Crippen LogP contribution in [0.5, 0.6) is 0 Å². The van der Waals surface area contributed by atoms with E-state index in [2.05, 4.69) is 32.7 Å². The first-order chi connectivity index (χ1) is 17.5. The van der Waals surface area contributed by atoms with Crippen molar-refractivity contribution in [1.29, 1.82) is 0 Å². The summed E-state index contributed by atoms with van der Waals surface area (Å²) in [7, 11) is 0. The second-order valence-electron chi connectivity index (χ2n) is 7.68. The van der Waals surface area contributed by atoms with E-state index in [9.17, 15) is 22.4 Å². The Morgan fingerprint density at radius 2 is 1.62 bits per heavy atom. The number of carbonyl (C=O) groups excluding carboxylic acids is 1. The number of aromatic nitrogens is 1. The number of carbonyl (C=O) groups is 2. The molecule has 0 unspecified atom stereocenters. The number of alkyl halides is 3. The molecule has 2 aromatic carbocycles. The highest BCUT2D eigenvalue weighted by Crippen LogP contribution is 2.25. The molecule has 1 saturated heterocycles. The largest absolute Gasteiger partial charge is 0.490 e. The van der Waals surface area contributed by atoms with E-state index in [1.165, 1.54) is 12.1 Å². The van der Waals surface area contributed by atoms with Gasteiger partial charge in [-0.25, -0.2) is 14.2 Å². The van der Waals surface area contributed by atoms with E-state index in [0.29, 0.717) is 17.2 Å². The average molecular weight is 521 g/mol. The number of primary amides is 1. The number of ether oxygens (including phenoxy) is 1. The standard InChI is InChI=1S/C22H22FN5O2.C2HF3O2/c23-15-1-6-20(19(13-15)22(24)29)26-17-7-8-25-21(14-17)27-16-2-4-18(5-3-16)28-9-11-30-12-10-28;3-2(4,5)1(6)7/h1-8,13-14H,9-12H2,(H2,24,29)(H2,25,26,27);(H,6,7). The fraction of sp³-hybridized carbons (Fsp3) is 0.208. The lowest BCUT2D eigenvalue weighted by atomic mass is 10.1. The normalized spacial score (nSPS) is 13.2. The zero-order chi connectivity index (χ0) is 27.0. The molecule has 196 valence electrons. The van der Waals surface area contributed by atoms with Gasteiger partial charge in [-0.05, 0) is 48.5 Å². The number of nitrogens with zero attached hydrogens (tertiary/aromatic N) is 2. The minimum absolute atomic E-state index is 0.0834. The van der Waals surface area contributed by atoms with Gasteiger partial charge in [-0.3, -0.25) is 4.79 Å². The zero-order valence-electron chi connectivity index (χ0n) is 19.3. The summed E-state index contributed by atoms with van der Waals surface area (Å²) in [5, 5.41) is 13.5. The Balaban J connectivity index is 0.000000479. The van der Waals surface area contributed by atoms with E-state index >= 15 is 0 Å². The summed E-state index contributed by atoms with van der Waals surface area (Å²) in [5.41, 5.74) is 8.61. The molecule has 5 N–H and O–H groups in total. The van der Waals surface area contributed by atoms with Crippen LogP contribution in [-0.2, 0) is 9.53 Å². The molecule has 37 heavy (non-hydrogen) atoms. The number of nitrogens with one attached hydrogen (secondary N) is 2. The van der Waals surface area contributed by atoms with Gasteiger partial charge in [0.15, 0.2) is 0 Å². The molecule has 0 aliphatic carbocycles. The molecule has 0 bridgehead atoms. The Morgan fingerprint density at radius 3 is 2.22 bits per heavy atom. The molecule has 1 aliphatic rings. The molecule has 0 atom stereocenters. The van der Waals surface area contributed by atoms with Gasteiger partial charge in [0, 0.05) is 42.4 Å². The summed E-state index contributed by atoms with van der Waals surface area (Å²) in [6.45, 7) is 3.27. The van der Waals surface area contributed by atoms with Crippen LogP contribution in [0.4, 0.5) is 46.1 Å². The number of carboxylic acid groups (broad SMARTS) is 1. The molecule has 0 radical (unpaired) electrons. The lowest BCUT2D eigenvalue weighted by molar-refractivity contribution is -0.192. The van der Waals surface area contributed by atoms with Crippen molar-refractivity contribution >= 4 is 40.4 Å². The number of hydrogen-bond donors (Lipinski definition) is 4. The Labute approximate surface area is 208 Å². The minimum atomic E-state index is -5.08. The molecule has 3 aromatic rings. The number of benzene rings is 2. The molecule has 9 nitrogen and oxygen atoms in total. The fourth-order valence-corrected chi connectivity index (χ4v) is 3.29. The van der Waals surface area contributed by atoms with Gasteiger partial charge >= 0.3 is 12.1 Å². The number of aliphatic carboxylic acids is 1. The second-order valence-corrected chi connectivity index (χ2v) is 7.68. The second kappa shape index (κ2) is 12.0. The number of hydrogen-bond acceptors (Lipinski definition) is 7. The van der Waals surface area contributed by atoms with Crippen molar-refractivity contribution in [3.63, 3.8) is 0 Å². The van der Waals surface area contributed by atoms with Crippen LogP contribution >= 0.6 is 0 Å². The molecule has 1 amide bonds. The van der Waals surface area contributed by atoms with Gasteiger partial charge in [0.25, 0.3) is 5.91 Å². The number of halogens is 4. The van der Waals surface area contributed by atoms with Crippen molar-refractivity contribution in [1.82, 2.24) is 4.98 Å². The third-order valence-corrected chi connectivity index (χ3v) is 5.04. The number of rotatable bonds is 6. The minimum Gasteiger partial charge on any atom is -0.475 e. The van der Waals surface area contributed by atoms with E-state index in [4.69, 9.17) is 20.4 Å². The molecular weight excluding hydrogens is 498 g/mol. The van der Waals surface area contributed by atoms with Crippen LogP contribution in [-0.4, -0.2) is 54.4 Å². The van der Waals surface area contributed by atoms with Gasteiger partial charge < -0.3 is 31.1 Å². The summed E-state index contributed by atoms with van der Waals surface area (Å²) in [6, 6.07) is 15.5. The van der Waals surface area contributed by atoms with Gasteiger partial charge in [-0.2, -0.15) is 13.2 Å². The highest BCUT2D eigenvalue weighted by Gasteiger charge is 2.38. The van der Waals surface area contributed by atoms with Crippen LogP contribution in [0.1, 0.15) is 10.4 Å². The smallest absolute Gasteiger partial charge is 0.475 e. The van der Waals surface area contributed by atoms with Crippen molar-refractivity contribution < 1.29 is 37.0 Å². The summed E-state index contributed by atoms with van der Waals surface area (Å²) in [5.74, 6) is -3.36. The van der Waals surface area contributed by atoms with Crippen LogP contribution < -0.4 is 21.3 Å². The van der Waals surface area contributed by atoms with Crippen LogP contribution in [0.2, 0.25) is 0 Å². The highest BCUT2D eigenvalue weighted by atomic mass is 19.4. The molecule has 1 aliphatic heterocycles. The van der Waals surface area contributed by atoms with Crippen LogP contribution in [0.25, 0.3) is 0 Å². The Morgan fingerprint density at radius 1 is 0.973 bits per heavy atom. The van der Waals surface area contributed by atoms with Crippen molar-refractivity contribution in [3.8, 4) is 0 Å². The van der Waals surface area contributed by atoms with Gasteiger partial charge in [-0.15, -0.1) is 0 Å². The molecule has 1 aromatic heterocycles.